The Kier molecular flexibility index (Phi) is 5.73. The summed E-state index contributed by atoms with van der Waals surface area (Å²) in [7, 11) is 2.08. The molecule has 1 aromatic heterocycles. The van der Waals surface area contributed by atoms with Gasteiger partial charge in [-0.1, -0.05) is 20.3 Å². The van der Waals surface area contributed by atoms with Crippen LogP contribution in [-0.4, -0.2) is 29.1 Å². The molecule has 4 heteroatoms. The van der Waals surface area contributed by atoms with E-state index in [-0.39, 0.29) is 5.54 Å². The molecule has 0 aliphatic heterocycles. The predicted octanol–water partition coefficient (Wildman–Crippen LogP) is 2.85. The molecule has 0 amide bonds. The minimum absolute atomic E-state index is 0.0975. The van der Waals surface area contributed by atoms with Crippen LogP contribution < -0.4 is 10.2 Å². The van der Waals surface area contributed by atoms with E-state index in [4.69, 9.17) is 0 Å². The predicted molar refractivity (Wildman–Crippen MR) is 81.3 cm³/mol. The summed E-state index contributed by atoms with van der Waals surface area (Å²) in [5.41, 5.74) is 1.09. The highest BCUT2D eigenvalue weighted by Crippen LogP contribution is 2.12. The molecule has 1 atom stereocenters. The smallest absolute Gasteiger partial charge is 0.147 e. The summed E-state index contributed by atoms with van der Waals surface area (Å²) in [6, 6.07) is 0. The minimum Gasteiger partial charge on any atom is -0.358 e. The quantitative estimate of drug-likeness (QED) is 0.858. The van der Waals surface area contributed by atoms with Crippen molar-refractivity contribution in [2.45, 2.75) is 53.1 Å². The van der Waals surface area contributed by atoms with Crippen LogP contribution >= 0.6 is 0 Å². The zero-order valence-corrected chi connectivity index (χ0v) is 13.2. The van der Waals surface area contributed by atoms with E-state index < -0.39 is 0 Å². The first-order chi connectivity index (χ1) is 8.81. The zero-order valence-electron chi connectivity index (χ0n) is 13.2. The fraction of sp³-hybridized carbons (Fsp3) is 0.733. The van der Waals surface area contributed by atoms with Crippen molar-refractivity contribution < 1.29 is 0 Å². The maximum Gasteiger partial charge on any atom is 0.147 e. The lowest BCUT2D eigenvalue weighted by molar-refractivity contribution is 0.421. The lowest BCUT2D eigenvalue weighted by Gasteiger charge is -2.23. The van der Waals surface area contributed by atoms with Crippen LogP contribution in [0.25, 0.3) is 0 Å². The average molecular weight is 264 g/mol. The summed E-state index contributed by atoms with van der Waals surface area (Å²) in [4.78, 5) is 11.1. The number of rotatable bonds is 6. The Morgan fingerprint density at radius 1 is 1.32 bits per heavy atom. The summed E-state index contributed by atoms with van der Waals surface area (Å²) in [5, 5.41) is 3.44. The van der Waals surface area contributed by atoms with Crippen molar-refractivity contribution in [3.8, 4) is 0 Å². The van der Waals surface area contributed by atoms with Gasteiger partial charge in [0.05, 0.1) is 11.9 Å². The van der Waals surface area contributed by atoms with Crippen LogP contribution in [0.5, 0.6) is 0 Å². The molecule has 1 heterocycles. The summed E-state index contributed by atoms with van der Waals surface area (Å²) in [5.74, 6) is 1.62. The molecule has 1 N–H and O–H groups in total. The van der Waals surface area contributed by atoms with Gasteiger partial charge < -0.3 is 10.2 Å². The van der Waals surface area contributed by atoms with Crippen molar-refractivity contribution in [3.05, 3.63) is 18.1 Å². The molecule has 0 aromatic carbocycles. The monoisotopic (exact) mass is 264 g/mol. The molecule has 1 aromatic rings. The Morgan fingerprint density at radius 2 is 2.00 bits per heavy atom. The van der Waals surface area contributed by atoms with Crippen LogP contribution in [0.2, 0.25) is 0 Å². The molecule has 0 fully saturated rings. The highest BCUT2D eigenvalue weighted by molar-refractivity contribution is 5.35. The molecular weight excluding hydrogens is 236 g/mol. The third kappa shape index (κ3) is 6.01. The lowest BCUT2D eigenvalue weighted by Crippen LogP contribution is -2.35. The topological polar surface area (TPSA) is 41.1 Å². The largest absolute Gasteiger partial charge is 0.358 e. The SMILES string of the molecule is CCC(C)CN(C)c1cncc(CNC(C)(C)C)n1. The van der Waals surface area contributed by atoms with E-state index in [1.165, 1.54) is 6.42 Å². The maximum absolute atomic E-state index is 4.66. The number of hydrogen-bond acceptors (Lipinski definition) is 4. The van der Waals surface area contributed by atoms with Gasteiger partial charge in [0.1, 0.15) is 5.82 Å². The number of nitrogens with zero attached hydrogens (tertiary/aromatic N) is 3. The fourth-order valence-electron chi connectivity index (χ4n) is 1.71. The van der Waals surface area contributed by atoms with Crippen LogP contribution in [0.3, 0.4) is 0 Å². The second kappa shape index (κ2) is 6.85. The Bertz CT molecular complexity index is 384. The molecule has 1 rings (SSSR count). The molecule has 19 heavy (non-hydrogen) atoms. The van der Waals surface area contributed by atoms with E-state index in [1.54, 1.807) is 0 Å². The molecule has 0 radical (unpaired) electrons. The van der Waals surface area contributed by atoms with Gasteiger partial charge in [-0.05, 0) is 26.7 Å². The van der Waals surface area contributed by atoms with Gasteiger partial charge in [-0.15, -0.1) is 0 Å². The van der Waals surface area contributed by atoms with E-state index in [9.17, 15) is 0 Å². The number of nitrogens with one attached hydrogen (secondary N) is 1. The number of aromatic nitrogens is 2. The van der Waals surface area contributed by atoms with Crippen molar-refractivity contribution in [1.82, 2.24) is 15.3 Å². The van der Waals surface area contributed by atoms with E-state index in [2.05, 4.69) is 61.9 Å². The van der Waals surface area contributed by atoms with E-state index >= 15 is 0 Å². The Morgan fingerprint density at radius 3 is 2.58 bits per heavy atom. The van der Waals surface area contributed by atoms with E-state index in [0.717, 1.165) is 24.6 Å². The van der Waals surface area contributed by atoms with Gasteiger partial charge in [-0.2, -0.15) is 0 Å². The average Bonchev–Trinajstić information content (AvgIpc) is 2.35. The molecule has 4 nitrogen and oxygen atoms in total. The molecule has 0 spiro atoms. The summed E-state index contributed by atoms with van der Waals surface area (Å²) in [6.07, 6.45) is 4.85. The minimum atomic E-state index is 0.0975. The number of hydrogen-bond donors (Lipinski definition) is 1. The molecule has 0 aliphatic rings. The van der Waals surface area contributed by atoms with Crippen molar-refractivity contribution >= 4 is 5.82 Å². The molecule has 0 aliphatic carbocycles. The van der Waals surface area contributed by atoms with Crippen molar-refractivity contribution in [2.75, 3.05) is 18.5 Å². The molecule has 0 saturated heterocycles. The summed E-state index contributed by atoms with van der Waals surface area (Å²) in [6.45, 7) is 12.7. The zero-order chi connectivity index (χ0) is 14.5. The van der Waals surface area contributed by atoms with Crippen LogP contribution in [0.4, 0.5) is 5.82 Å². The lowest BCUT2D eigenvalue weighted by atomic mass is 10.1. The first kappa shape index (κ1) is 15.9. The highest BCUT2D eigenvalue weighted by atomic mass is 15.2. The first-order valence-electron chi connectivity index (χ1n) is 7.09. The van der Waals surface area contributed by atoms with Crippen molar-refractivity contribution in [2.24, 2.45) is 5.92 Å². The van der Waals surface area contributed by atoms with Gasteiger partial charge in [0.25, 0.3) is 0 Å². The fourth-order valence-corrected chi connectivity index (χ4v) is 1.71. The van der Waals surface area contributed by atoms with E-state index in [0.29, 0.717) is 5.92 Å². The van der Waals surface area contributed by atoms with Crippen LogP contribution in [0.1, 0.15) is 46.7 Å². The first-order valence-corrected chi connectivity index (χ1v) is 7.09. The third-order valence-electron chi connectivity index (χ3n) is 3.15. The summed E-state index contributed by atoms with van der Waals surface area (Å²) >= 11 is 0. The molecule has 1 unspecified atom stereocenters. The molecule has 0 saturated carbocycles. The van der Waals surface area contributed by atoms with Gasteiger partial charge in [0.15, 0.2) is 0 Å². The van der Waals surface area contributed by atoms with Crippen LogP contribution in [0, 0.1) is 5.92 Å². The maximum atomic E-state index is 4.66. The third-order valence-corrected chi connectivity index (χ3v) is 3.15. The second-order valence-electron chi connectivity index (χ2n) is 6.37. The Hall–Kier alpha value is -1.16. The highest BCUT2D eigenvalue weighted by Gasteiger charge is 2.11. The van der Waals surface area contributed by atoms with Gasteiger partial charge in [-0.25, -0.2) is 4.98 Å². The van der Waals surface area contributed by atoms with Gasteiger partial charge in [-0.3, -0.25) is 4.98 Å². The Balaban J connectivity index is 2.66. The van der Waals surface area contributed by atoms with Gasteiger partial charge >= 0.3 is 0 Å². The van der Waals surface area contributed by atoms with Crippen LogP contribution in [0.15, 0.2) is 12.4 Å². The number of anilines is 1. The Labute approximate surface area is 117 Å². The standard InChI is InChI=1S/C15H28N4/c1-7-12(2)11-19(6)14-10-16-8-13(18-14)9-17-15(3,4)5/h8,10,12,17H,7,9,11H2,1-6H3. The second-order valence-corrected chi connectivity index (χ2v) is 6.37. The molecular formula is C15H28N4. The van der Waals surface area contributed by atoms with E-state index in [1.807, 2.05) is 12.4 Å². The van der Waals surface area contributed by atoms with Crippen molar-refractivity contribution in [1.29, 1.82) is 0 Å². The van der Waals surface area contributed by atoms with Gasteiger partial charge in [0, 0.05) is 31.9 Å². The van der Waals surface area contributed by atoms with Gasteiger partial charge in [0.2, 0.25) is 0 Å². The molecule has 108 valence electrons. The molecule has 0 bridgehead atoms. The van der Waals surface area contributed by atoms with Crippen molar-refractivity contribution in [3.63, 3.8) is 0 Å². The summed E-state index contributed by atoms with van der Waals surface area (Å²) < 4.78 is 0. The van der Waals surface area contributed by atoms with Crippen LogP contribution in [-0.2, 0) is 6.54 Å². The normalized spacial score (nSPS) is 13.4.